The van der Waals surface area contributed by atoms with Gasteiger partial charge in [-0.15, -0.1) is 0 Å². The van der Waals surface area contributed by atoms with Crippen LogP contribution in [0.4, 0.5) is 0 Å². The van der Waals surface area contributed by atoms with E-state index in [1.807, 2.05) is 13.8 Å². The molecule has 2 aromatic rings. The number of fused-ring (bicyclic) bond motifs is 1. The van der Waals surface area contributed by atoms with Crippen LogP contribution in [-0.2, 0) is 7.05 Å². The van der Waals surface area contributed by atoms with Gasteiger partial charge in [0.2, 0.25) is 0 Å². The number of nitrogens with zero attached hydrogens (tertiary/aromatic N) is 2. The molecule has 1 heterocycles. The van der Waals surface area contributed by atoms with Crippen LogP contribution in [0, 0.1) is 0 Å². The average Bonchev–Trinajstić information content (AvgIpc) is 2.32. The highest BCUT2D eigenvalue weighted by atomic mass is 16.5. The van der Waals surface area contributed by atoms with Gasteiger partial charge < -0.3 is 4.74 Å². The zero-order valence-corrected chi connectivity index (χ0v) is 10.5. The van der Waals surface area contributed by atoms with Crippen LogP contribution in [0.15, 0.2) is 23.0 Å². The molecule has 0 unspecified atom stereocenters. The summed E-state index contributed by atoms with van der Waals surface area (Å²) in [6.07, 6.45) is 0. The predicted octanol–water partition coefficient (Wildman–Crippen LogP) is 2.07. The summed E-state index contributed by atoms with van der Waals surface area (Å²) < 4.78 is 6.75. The molecule has 0 saturated heterocycles. The van der Waals surface area contributed by atoms with Gasteiger partial charge in [0.05, 0.1) is 18.0 Å². The second-order valence-electron chi connectivity index (χ2n) is 4.37. The molecule has 0 bridgehead atoms. The van der Waals surface area contributed by atoms with Crippen molar-refractivity contribution in [3.8, 4) is 5.75 Å². The number of hydrogen-bond acceptors (Lipinski definition) is 3. The largest absolute Gasteiger partial charge is 0.497 e. The van der Waals surface area contributed by atoms with Gasteiger partial charge in [-0.2, -0.15) is 0 Å². The van der Waals surface area contributed by atoms with E-state index in [9.17, 15) is 4.79 Å². The lowest BCUT2D eigenvalue weighted by molar-refractivity contribution is 0.415. The molecule has 0 atom stereocenters. The van der Waals surface area contributed by atoms with Gasteiger partial charge in [0.1, 0.15) is 11.6 Å². The maximum absolute atomic E-state index is 12.1. The van der Waals surface area contributed by atoms with Crippen LogP contribution in [0.3, 0.4) is 0 Å². The summed E-state index contributed by atoms with van der Waals surface area (Å²) in [4.78, 5) is 16.7. The molecule has 2 rings (SSSR count). The standard InChI is InChI=1S/C13H16N2O2/c1-8(2)12-14-11-7-9(17-4)5-6-10(11)13(16)15(12)3/h5-8H,1-4H3. The average molecular weight is 232 g/mol. The third-order valence-electron chi connectivity index (χ3n) is 2.83. The second kappa shape index (κ2) is 4.20. The van der Waals surface area contributed by atoms with Crippen molar-refractivity contribution in [3.63, 3.8) is 0 Å². The minimum absolute atomic E-state index is 0.0126. The third-order valence-corrected chi connectivity index (χ3v) is 2.83. The molecular formula is C13H16N2O2. The van der Waals surface area contributed by atoms with E-state index in [4.69, 9.17) is 4.74 Å². The number of rotatable bonds is 2. The second-order valence-corrected chi connectivity index (χ2v) is 4.37. The lowest BCUT2D eigenvalue weighted by Crippen LogP contribution is -2.23. The summed E-state index contributed by atoms with van der Waals surface area (Å²) in [7, 11) is 3.36. The van der Waals surface area contributed by atoms with E-state index in [0.29, 0.717) is 16.7 Å². The highest BCUT2D eigenvalue weighted by molar-refractivity contribution is 5.79. The summed E-state index contributed by atoms with van der Waals surface area (Å²) in [6, 6.07) is 5.33. The fraction of sp³-hybridized carbons (Fsp3) is 0.385. The lowest BCUT2D eigenvalue weighted by atomic mass is 10.1. The van der Waals surface area contributed by atoms with E-state index in [1.54, 1.807) is 36.9 Å². The van der Waals surface area contributed by atoms with Crippen LogP contribution in [-0.4, -0.2) is 16.7 Å². The SMILES string of the molecule is COc1ccc2c(=O)n(C)c(C(C)C)nc2c1. The minimum Gasteiger partial charge on any atom is -0.497 e. The molecule has 0 fully saturated rings. The van der Waals surface area contributed by atoms with Crippen molar-refractivity contribution < 1.29 is 4.74 Å². The van der Waals surface area contributed by atoms with Crippen LogP contribution in [0.1, 0.15) is 25.6 Å². The predicted molar refractivity (Wildman–Crippen MR) is 67.6 cm³/mol. The number of aromatic nitrogens is 2. The van der Waals surface area contributed by atoms with Crippen molar-refractivity contribution >= 4 is 10.9 Å². The van der Waals surface area contributed by atoms with Crippen LogP contribution < -0.4 is 10.3 Å². The first-order valence-corrected chi connectivity index (χ1v) is 5.59. The maximum atomic E-state index is 12.1. The van der Waals surface area contributed by atoms with E-state index in [2.05, 4.69) is 4.98 Å². The summed E-state index contributed by atoms with van der Waals surface area (Å²) in [5.41, 5.74) is 0.678. The highest BCUT2D eigenvalue weighted by Crippen LogP contribution is 2.18. The molecule has 0 spiro atoms. The van der Waals surface area contributed by atoms with E-state index in [-0.39, 0.29) is 11.5 Å². The first kappa shape index (κ1) is 11.6. The first-order valence-electron chi connectivity index (χ1n) is 5.59. The molecule has 0 aliphatic rings. The van der Waals surface area contributed by atoms with Gasteiger partial charge in [0, 0.05) is 19.0 Å². The zero-order chi connectivity index (χ0) is 12.6. The summed E-state index contributed by atoms with van der Waals surface area (Å²) in [6.45, 7) is 4.04. The molecular weight excluding hydrogens is 216 g/mol. The van der Waals surface area contributed by atoms with E-state index < -0.39 is 0 Å². The molecule has 1 aromatic carbocycles. The topological polar surface area (TPSA) is 44.1 Å². The smallest absolute Gasteiger partial charge is 0.261 e. The Labute approximate surface area is 99.9 Å². The van der Waals surface area contributed by atoms with Crippen LogP contribution >= 0.6 is 0 Å². The fourth-order valence-corrected chi connectivity index (χ4v) is 1.91. The van der Waals surface area contributed by atoms with E-state index >= 15 is 0 Å². The monoisotopic (exact) mass is 232 g/mol. The fourth-order valence-electron chi connectivity index (χ4n) is 1.91. The molecule has 0 amide bonds. The normalized spacial score (nSPS) is 11.1. The molecule has 0 aliphatic carbocycles. The van der Waals surface area contributed by atoms with Gasteiger partial charge in [-0.05, 0) is 12.1 Å². The summed E-state index contributed by atoms with van der Waals surface area (Å²) >= 11 is 0. The Morgan fingerprint density at radius 3 is 2.65 bits per heavy atom. The van der Waals surface area contributed by atoms with Gasteiger partial charge in [-0.3, -0.25) is 9.36 Å². The van der Waals surface area contributed by atoms with E-state index in [0.717, 1.165) is 5.82 Å². The Kier molecular flexibility index (Phi) is 2.88. The Morgan fingerprint density at radius 1 is 1.35 bits per heavy atom. The van der Waals surface area contributed by atoms with Crippen molar-refractivity contribution in [2.75, 3.05) is 7.11 Å². The highest BCUT2D eigenvalue weighted by Gasteiger charge is 2.11. The number of methoxy groups -OCH3 is 1. The molecule has 17 heavy (non-hydrogen) atoms. The lowest BCUT2D eigenvalue weighted by Gasteiger charge is -2.12. The Balaban J connectivity index is 2.82. The molecule has 4 heteroatoms. The molecule has 0 saturated carbocycles. The van der Waals surface area contributed by atoms with Crippen molar-refractivity contribution in [1.29, 1.82) is 0 Å². The number of benzene rings is 1. The third kappa shape index (κ3) is 1.90. The van der Waals surface area contributed by atoms with Crippen LogP contribution in [0.25, 0.3) is 10.9 Å². The minimum atomic E-state index is -0.0126. The van der Waals surface area contributed by atoms with Crippen molar-refractivity contribution in [2.45, 2.75) is 19.8 Å². The van der Waals surface area contributed by atoms with Crippen molar-refractivity contribution in [1.82, 2.24) is 9.55 Å². The molecule has 0 radical (unpaired) electrons. The molecule has 0 N–H and O–H groups in total. The molecule has 4 nitrogen and oxygen atoms in total. The number of ether oxygens (including phenoxy) is 1. The Hall–Kier alpha value is -1.84. The number of hydrogen-bond donors (Lipinski definition) is 0. The van der Waals surface area contributed by atoms with Gasteiger partial charge >= 0.3 is 0 Å². The van der Waals surface area contributed by atoms with Gasteiger partial charge in [-0.25, -0.2) is 4.98 Å². The van der Waals surface area contributed by atoms with Gasteiger partial charge in [0.15, 0.2) is 0 Å². The Bertz CT molecular complexity index is 615. The van der Waals surface area contributed by atoms with Crippen molar-refractivity contribution in [3.05, 3.63) is 34.4 Å². The van der Waals surface area contributed by atoms with Gasteiger partial charge in [0.25, 0.3) is 5.56 Å². The quantitative estimate of drug-likeness (QED) is 0.796. The van der Waals surface area contributed by atoms with Gasteiger partial charge in [-0.1, -0.05) is 13.8 Å². The molecule has 0 aliphatic heterocycles. The van der Waals surface area contributed by atoms with Crippen LogP contribution in [0.5, 0.6) is 5.75 Å². The van der Waals surface area contributed by atoms with E-state index in [1.165, 1.54) is 0 Å². The Morgan fingerprint density at radius 2 is 2.06 bits per heavy atom. The maximum Gasteiger partial charge on any atom is 0.261 e. The summed E-state index contributed by atoms with van der Waals surface area (Å²) in [5.74, 6) is 1.71. The zero-order valence-electron chi connectivity index (χ0n) is 10.5. The summed E-state index contributed by atoms with van der Waals surface area (Å²) in [5, 5.41) is 0.623. The molecule has 1 aromatic heterocycles. The first-order chi connectivity index (χ1) is 8.04. The molecule has 90 valence electrons. The van der Waals surface area contributed by atoms with Crippen LogP contribution in [0.2, 0.25) is 0 Å². The van der Waals surface area contributed by atoms with Crippen molar-refractivity contribution in [2.24, 2.45) is 7.05 Å².